The van der Waals surface area contributed by atoms with Crippen molar-refractivity contribution in [3.05, 3.63) is 53.5 Å². The summed E-state index contributed by atoms with van der Waals surface area (Å²) in [6.07, 6.45) is 1.99. The lowest BCUT2D eigenvalue weighted by atomic mass is 10.0. The molecule has 0 saturated carbocycles. The number of aliphatic hydroxyl groups excluding tert-OH is 1. The van der Waals surface area contributed by atoms with Gasteiger partial charge in [0, 0.05) is 36.9 Å². The number of carbonyl (C=O) groups is 1. The molecule has 1 heterocycles. The predicted molar refractivity (Wildman–Crippen MR) is 109 cm³/mol. The van der Waals surface area contributed by atoms with Gasteiger partial charge in [-0.3, -0.25) is 4.79 Å². The van der Waals surface area contributed by atoms with Gasteiger partial charge in [0.15, 0.2) is 0 Å². The Bertz CT molecular complexity index is 765. The van der Waals surface area contributed by atoms with Gasteiger partial charge in [-0.05, 0) is 43.5 Å². The Morgan fingerprint density at radius 3 is 2.54 bits per heavy atom. The molecule has 0 saturated heterocycles. The van der Waals surface area contributed by atoms with Crippen LogP contribution in [-0.2, 0) is 6.54 Å². The monoisotopic (exact) mass is 387 g/mol. The van der Waals surface area contributed by atoms with E-state index in [1.807, 2.05) is 26.0 Å². The lowest BCUT2D eigenvalue weighted by Gasteiger charge is -2.19. The molecule has 6 heteroatoms. The number of nitrogens with zero attached hydrogens (tertiary/aromatic N) is 1. The van der Waals surface area contributed by atoms with Gasteiger partial charge >= 0.3 is 0 Å². The fourth-order valence-electron chi connectivity index (χ4n) is 2.66. The van der Waals surface area contributed by atoms with Crippen molar-refractivity contribution < 1.29 is 14.3 Å². The van der Waals surface area contributed by atoms with Crippen molar-refractivity contribution >= 4 is 5.91 Å². The molecular weight excluding hydrogens is 357 g/mol. The summed E-state index contributed by atoms with van der Waals surface area (Å²) < 4.78 is 14.1. The minimum atomic E-state index is -0.368. The average molecular weight is 387 g/mol. The normalized spacial score (nSPS) is 13.2. The third-order valence-corrected chi connectivity index (χ3v) is 4.91. The average Bonchev–Trinajstić information content (AvgIpc) is 2.72. The molecule has 3 N–H and O–H groups in total. The number of carbonyl (C=O) groups excluding carboxylic acids is 1. The lowest BCUT2D eigenvalue weighted by molar-refractivity contribution is 0.0953. The van der Waals surface area contributed by atoms with Crippen molar-refractivity contribution in [3.8, 4) is 11.3 Å². The molecule has 1 amide bonds. The van der Waals surface area contributed by atoms with Crippen molar-refractivity contribution in [2.75, 3.05) is 13.2 Å². The second kappa shape index (κ2) is 10.9. The molecule has 2 rings (SSSR count). The fourth-order valence-corrected chi connectivity index (χ4v) is 2.66. The van der Waals surface area contributed by atoms with Crippen LogP contribution in [0.5, 0.6) is 0 Å². The van der Waals surface area contributed by atoms with Gasteiger partial charge in [0.05, 0.1) is 11.4 Å². The minimum absolute atomic E-state index is 0.0420. The molecular formula is C22H30FN3O2. The molecule has 152 valence electrons. The lowest BCUT2D eigenvalue weighted by Crippen LogP contribution is -2.33. The highest BCUT2D eigenvalue weighted by molar-refractivity contribution is 5.94. The van der Waals surface area contributed by atoms with Crippen molar-refractivity contribution in [3.63, 3.8) is 0 Å². The van der Waals surface area contributed by atoms with Gasteiger partial charge in [0.25, 0.3) is 5.91 Å². The van der Waals surface area contributed by atoms with Crippen molar-refractivity contribution in [2.24, 2.45) is 5.92 Å². The van der Waals surface area contributed by atoms with Crippen LogP contribution in [0.3, 0.4) is 0 Å². The zero-order valence-corrected chi connectivity index (χ0v) is 16.8. The zero-order chi connectivity index (χ0) is 20.5. The zero-order valence-electron chi connectivity index (χ0n) is 16.8. The van der Waals surface area contributed by atoms with Crippen LogP contribution in [0, 0.1) is 11.7 Å². The highest BCUT2D eigenvalue weighted by atomic mass is 19.1. The summed E-state index contributed by atoms with van der Waals surface area (Å²) in [6, 6.07) is 10.2. The van der Waals surface area contributed by atoms with E-state index in [2.05, 4.69) is 22.5 Å². The number of rotatable bonds is 10. The van der Waals surface area contributed by atoms with Crippen molar-refractivity contribution in [1.29, 1.82) is 0 Å². The Morgan fingerprint density at radius 2 is 1.89 bits per heavy atom. The third kappa shape index (κ3) is 6.11. The molecule has 1 aromatic carbocycles. The van der Waals surface area contributed by atoms with Crippen molar-refractivity contribution in [1.82, 2.24) is 15.6 Å². The van der Waals surface area contributed by atoms with Gasteiger partial charge in [-0.25, -0.2) is 9.37 Å². The van der Waals surface area contributed by atoms with Gasteiger partial charge in [-0.1, -0.05) is 32.4 Å². The summed E-state index contributed by atoms with van der Waals surface area (Å²) >= 11 is 0. The molecule has 0 aliphatic heterocycles. The van der Waals surface area contributed by atoms with Gasteiger partial charge in [-0.2, -0.15) is 0 Å². The number of aliphatic hydroxyl groups is 1. The van der Waals surface area contributed by atoms with Crippen LogP contribution in [0.25, 0.3) is 11.3 Å². The number of halogens is 1. The topological polar surface area (TPSA) is 74.2 Å². The predicted octanol–water partition coefficient (Wildman–Crippen LogP) is 3.52. The maximum absolute atomic E-state index is 14.1. The number of pyridine rings is 1. The van der Waals surface area contributed by atoms with Crippen LogP contribution in [0.2, 0.25) is 0 Å². The first-order chi connectivity index (χ1) is 13.5. The summed E-state index contributed by atoms with van der Waals surface area (Å²) in [5, 5.41) is 15.3. The standard InChI is InChI=1S/C22H30FN3O2/c1-4-5-12-24-22(28)18-8-6-17(7-9-18)20-11-10-19(23)21(26-20)13-25-16(3)15(2)14-27/h6-11,15-16,25,27H,4-5,12-14H2,1-3H3,(H,24,28)/t15?,16-/m1/s1. The first-order valence-electron chi connectivity index (χ1n) is 9.84. The smallest absolute Gasteiger partial charge is 0.251 e. The molecule has 0 bridgehead atoms. The number of nitrogens with one attached hydrogen (secondary N) is 2. The summed E-state index contributed by atoms with van der Waals surface area (Å²) in [6.45, 7) is 6.98. The first kappa shape index (κ1) is 22.0. The number of hydrogen-bond acceptors (Lipinski definition) is 4. The van der Waals surface area contributed by atoms with Crippen LogP contribution in [0.1, 0.15) is 49.7 Å². The molecule has 2 atom stereocenters. The third-order valence-electron chi connectivity index (χ3n) is 4.91. The van der Waals surface area contributed by atoms with E-state index < -0.39 is 0 Å². The Hall–Kier alpha value is -2.31. The number of amides is 1. The van der Waals surface area contributed by atoms with E-state index >= 15 is 0 Å². The molecule has 1 aromatic heterocycles. The minimum Gasteiger partial charge on any atom is -0.396 e. The fraction of sp³-hybridized carbons (Fsp3) is 0.455. The second-order valence-electron chi connectivity index (χ2n) is 7.14. The Kier molecular flexibility index (Phi) is 8.54. The molecule has 0 spiro atoms. The molecule has 0 aliphatic rings. The summed E-state index contributed by atoms with van der Waals surface area (Å²) in [7, 11) is 0. The summed E-state index contributed by atoms with van der Waals surface area (Å²) in [4.78, 5) is 16.5. The molecule has 0 aliphatic carbocycles. The van der Waals surface area contributed by atoms with E-state index in [1.54, 1.807) is 18.2 Å². The highest BCUT2D eigenvalue weighted by Gasteiger charge is 2.13. The number of hydrogen-bond donors (Lipinski definition) is 3. The van der Waals surface area contributed by atoms with Crippen LogP contribution >= 0.6 is 0 Å². The maximum atomic E-state index is 14.1. The van der Waals surface area contributed by atoms with Gasteiger partial charge < -0.3 is 15.7 Å². The molecule has 0 radical (unpaired) electrons. The van der Waals surface area contributed by atoms with Gasteiger partial charge in [-0.15, -0.1) is 0 Å². The van der Waals surface area contributed by atoms with E-state index in [-0.39, 0.29) is 36.8 Å². The van der Waals surface area contributed by atoms with Crippen LogP contribution in [0.4, 0.5) is 4.39 Å². The molecule has 1 unspecified atom stereocenters. The van der Waals surface area contributed by atoms with Crippen LogP contribution in [-0.4, -0.2) is 35.2 Å². The number of unbranched alkanes of at least 4 members (excludes halogenated alkanes) is 1. The van der Waals surface area contributed by atoms with E-state index in [0.717, 1.165) is 18.4 Å². The molecule has 2 aromatic rings. The van der Waals surface area contributed by atoms with E-state index in [9.17, 15) is 14.3 Å². The maximum Gasteiger partial charge on any atom is 0.251 e. The van der Waals surface area contributed by atoms with E-state index in [0.29, 0.717) is 23.5 Å². The quantitative estimate of drug-likeness (QED) is 0.545. The van der Waals surface area contributed by atoms with Crippen LogP contribution in [0.15, 0.2) is 36.4 Å². The van der Waals surface area contributed by atoms with Crippen LogP contribution < -0.4 is 10.6 Å². The SMILES string of the molecule is CCCCNC(=O)c1ccc(-c2ccc(F)c(CN[C@H](C)C(C)CO)n2)cc1. The Morgan fingerprint density at radius 1 is 1.18 bits per heavy atom. The second-order valence-corrected chi connectivity index (χ2v) is 7.14. The largest absolute Gasteiger partial charge is 0.396 e. The Balaban J connectivity index is 2.07. The molecule has 5 nitrogen and oxygen atoms in total. The summed E-state index contributed by atoms with van der Waals surface area (Å²) in [5.74, 6) is -0.391. The molecule has 0 fully saturated rings. The van der Waals surface area contributed by atoms with E-state index in [4.69, 9.17) is 0 Å². The number of aromatic nitrogens is 1. The summed E-state index contributed by atoms with van der Waals surface area (Å²) in [5.41, 5.74) is 2.40. The van der Waals surface area contributed by atoms with Crippen molar-refractivity contribution in [2.45, 2.75) is 46.2 Å². The highest BCUT2D eigenvalue weighted by Crippen LogP contribution is 2.20. The molecule has 28 heavy (non-hydrogen) atoms. The van der Waals surface area contributed by atoms with Gasteiger partial charge in [0.1, 0.15) is 5.82 Å². The van der Waals surface area contributed by atoms with Gasteiger partial charge in [0.2, 0.25) is 0 Å². The Labute approximate surface area is 166 Å². The van der Waals surface area contributed by atoms with E-state index in [1.165, 1.54) is 6.07 Å². The first-order valence-corrected chi connectivity index (χ1v) is 9.84. The number of benzene rings is 1.